The van der Waals surface area contributed by atoms with Gasteiger partial charge in [0.05, 0.1) is 12.1 Å². The molecule has 0 saturated carbocycles. The SMILES string of the molecule is O=C(c1ncccc1O)N1CCCC(c2ncc(Cc3ccccc3)o2)C1. The number of rotatable bonds is 4. The Kier molecular flexibility index (Phi) is 4.87. The van der Waals surface area contributed by atoms with Crippen LogP contribution in [-0.4, -0.2) is 39.0 Å². The van der Waals surface area contributed by atoms with Crippen LogP contribution in [-0.2, 0) is 6.42 Å². The normalized spacial score (nSPS) is 17.0. The minimum atomic E-state index is -0.256. The van der Waals surface area contributed by atoms with Gasteiger partial charge >= 0.3 is 0 Å². The number of pyridine rings is 1. The molecule has 3 heterocycles. The molecule has 1 amide bonds. The zero-order valence-electron chi connectivity index (χ0n) is 14.9. The fourth-order valence-electron chi connectivity index (χ4n) is 3.46. The highest BCUT2D eigenvalue weighted by Gasteiger charge is 2.29. The van der Waals surface area contributed by atoms with E-state index in [1.165, 1.54) is 17.8 Å². The highest BCUT2D eigenvalue weighted by molar-refractivity contribution is 5.94. The molecule has 1 N–H and O–H groups in total. The van der Waals surface area contributed by atoms with Crippen LogP contribution in [0.5, 0.6) is 5.75 Å². The summed E-state index contributed by atoms with van der Waals surface area (Å²) in [4.78, 5) is 22.9. The molecule has 138 valence electrons. The summed E-state index contributed by atoms with van der Waals surface area (Å²) in [5.74, 6) is 1.20. The molecule has 0 spiro atoms. The molecule has 0 aliphatic carbocycles. The lowest BCUT2D eigenvalue weighted by Gasteiger charge is -2.31. The van der Waals surface area contributed by atoms with Crippen molar-refractivity contribution in [2.75, 3.05) is 13.1 Å². The highest BCUT2D eigenvalue weighted by Crippen LogP contribution is 2.28. The monoisotopic (exact) mass is 363 g/mol. The van der Waals surface area contributed by atoms with E-state index in [9.17, 15) is 9.90 Å². The molecule has 6 heteroatoms. The number of piperidine rings is 1. The predicted octanol–water partition coefficient (Wildman–Crippen LogP) is 3.39. The maximum absolute atomic E-state index is 12.7. The second-order valence-corrected chi connectivity index (χ2v) is 6.79. The van der Waals surface area contributed by atoms with Gasteiger partial charge in [0.15, 0.2) is 11.6 Å². The van der Waals surface area contributed by atoms with Crippen LogP contribution in [0.1, 0.15) is 46.5 Å². The number of carbonyl (C=O) groups is 1. The molecule has 0 radical (unpaired) electrons. The van der Waals surface area contributed by atoms with E-state index in [0.717, 1.165) is 18.6 Å². The van der Waals surface area contributed by atoms with E-state index >= 15 is 0 Å². The number of amides is 1. The Hall–Kier alpha value is -3.15. The van der Waals surface area contributed by atoms with Gasteiger partial charge in [0, 0.05) is 25.7 Å². The summed E-state index contributed by atoms with van der Waals surface area (Å²) in [7, 11) is 0. The molecule has 1 unspecified atom stereocenters. The van der Waals surface area contributed by atoms with Crippen LogP contribution in [0.4, 0.5) is 0 Å². The second kappa shape index (κ2) is 7.61. The van der Waals surface area contributed by atoms with E-state index in [1.807, 2.05) is 18.2 Å². The molecule has 3 aromatic rings. The number of oxazole rings is 1. The van der Waals surface area contributed by atoms with Crippen molar-refractivity contribution >= 4 is 5.91 Å². The fourth-order valence-corrected chi connectivity index (χ4v) is 3.46. The molecule has 4 rings (SSSR count). The first-order valence-corrected chi connectivity index (χ1v) is 9.12. The van der Waals surface area contributed by atoms with E-state index in [1.54, 1.807) is 17.2 Å². The third kappa shape index (κ3) is 3.84. The number of aromatic nitrogens is 2. The lowest BCUT2D eigenvalue weighted by atomic mass is 9.97. The van der Waals surface area contributed by atoms with Gasteiger partial charge in [-0.05, 0) is 30.5 Å². The summed E-state index contributed by atoms with van der Waals surface area (Å²) < 4.78 is 5.97. The number of aromatic hydroxyl groups is 1. The summed E-state index contributed by atoms with van der Waals surface area (Å²) in [5.41, 5.74) is 1.27. The fraction of sp³-hybridized carbons (Fsp3) is 0.286. The van der Waals surface area contributed by atoms with Gasteiger partial charge in [0.25, 0.3) is 5.91 Å². The summed E-state index contributed by atoms with van der Waals surface area (Å²) in [6.45, 7) is 1.16. The molecule has 1 saturated heterocycles. The Morgan fingerprint density at radius 1 is 1.19 bits per heavy atom. The quantitative estimate of drug-likeness (QED) is 0.769. The number of nitrogens with zero attached hydrogens (tertiary/aromatic N) is 3. The molecule has 2 aromatic heterocycles. The molecule has 6 nitrogen and oxygen atoms in total. The van der Waals surface area contributed by atoms with Crippen LogP contribution in [0, 0.1) is 0 Å². The van der Waals surface area contributed by atoms with Gasteiger partial charge in [-0.15, -0.1) is 0 Å². The van der Waals surface area contributed by atoms with E-state index in [4.69, 9.17) is 4.42 Å². The van der Waals surface area contributed by atoms with Gasteiger partial charge in [-0.2, -0.15) is 0 Å². The maximum atomic E-state index is 12.7. The maximum Gasteiger partial charge on any atom is 0.276 e. The number of likely N-dealkylation sites (tertiary alicyclic amines) is 1. The topological polar surface area (TPSA) is 79.5 Å². The van der Waals surface area contributed by atoms with Crippen molar-refractivity contribution in [1.29, 1.82) is 0 Å². The molecule has 1 aromatic carbocycles. The minimum absolute atomic E-state index is 0.0538. The number of benzene rings is 1. The second-order valence-electron chi connectivity index (χ2n) is 6.79. The zero-order chi connectivity index (χ0) is 18.6. The lowest BCUT2D eigenvalue weighted by Crippen LogP contribution is -2.39. The average Bonchev–Trinajstić information content (AvgIpc) is 3.17. The highest BCUT2D eigenvalue weighted by atomic mass is 16.4. The largest absolute Gasteiger partial charge is 0.505 e. The van der Waals surface area contributed by atoms with Gasteiger partial charge in [-0.25, -0.2) is 9.97 Å². The molecule has 1 aliphatic heterocycles. The molecule has 27 heavy (non-hydrogen) atoms. The molecular weight excluding hydrogens is 342 g/mol. The van der Waals surface area contributed by atoms with Crippen LogP contribution >= 0.6 is 0 Å². The van der Waals surface area contributed by atoms with Crippen molar-refractivity contribution in [1.82, 2.24) is 14.9 Å². The Bertz CT molecular complexity index is 923. The van der Waals surface area contributed by atoms with Crippen LogP contribution in [0.2, 0.25) is 0 Å². The van der Waals surface area contributed by atoms with Gasteiger partial charge in [0.1, 0.15) is 11.5 Å². The number of hydrogen-bond acceptors (Lipinski definition) is 5. The molecule has 0 bridgehead atoms. The molecule has 1 atom stereocenters. The summed E-state index contributed by atoms with van der Waals surface area (Å²) >= 11 is 0. The van der Waals surface area contributed by atoms with Crippen LogP contribution in [0.3, 0.4) is 0 Å². The van der Waals surface area contributed by atoms with Gasteiger partial charge in [-0.3, -0.25) is 4.79 Å². The minimum Gasteiger partial charge on any atom is -0.505 e. The average molecular weight is 363 g/mol. The molecule has 1 aliphatic rings. The standard InChI is InChI=1S/C21H21N3O3/c25-18-9-4-10-22-19(18)21(26)24-11-5-8-16(14-24)20-23-13-17(27-20)12-15-6-2-1-3-7-15/h1-4,6-7,9-10,13,16,25H,5,8,11-12,14H2. The van der Waals surface area contributed by atoms with Crippen LogP contribution in [0.25, 0.3) is 0 Å². The third-order valence-electron chi connectivity index (χ3n) is 4.84. The Balaban J connectivity index is 1.46. The number of hydrogen-bond donors (Lipinski definition) is 1. The first-order chi connectivity index (χ1) is 13.2. The zero-order valence-corrected chi connectivity index (χ0v) is 14.9. The van der Waals surface area contributed by atoms with Crippen molar-refractivity contribution in [3.63, 3.8) is 0 Å². The van der Waals surface area contributed by atoms with Gasteiger partial charge in [-0.1, -0.05) is 30.3 Å². The van der Waals surface area contributed by atoms with E-state index < -0.39 is 0 Å². The smallest absolute Gasteiger partial charge is 0.276 e. The van der Waals surface area contributed by atoms with Crippen molar-refractivity contribution < 1.29 is 14.3 Å². The summed E-state index contributed by atoms with van der Waals surface area (Å²) in [6.07, 6.45) is 5.76. The predicted molar refractivity (Wildman–Crippen MR) is 99.5 cm³/mol. The Labute approximate surface area is 157 Å². The molecule has 1 fully saturated rings. The Morgan fingerprint density at radius 3 is 2.85 bits per heavy atom. The van der Waals surface area contributed by atoms with Crippen molar-refractivity contribution in [2.45, 2.75) is 25.2 Å². The van der Waals surface area contributed by atoms with Crippen molar-refractivity contribution in [3.8, 4) is 5.75 Å². The van der Waals surface area contributed by atoms with Crippen LogP contribution < -0.4 is 0 Å². The lowest BCUT2D eigenvalue weighted by molar-refractivity contribution is 0.0688. The summed E-state index contributed by atoms with van der Waals surface area (Å²) in [5, 5.41) is 9.90. The summed E-state index contributed by atoms with van der Waals surface area (Å²) in [6, 6.07) is 13.2. The van der Waals surface area contributed by atoms with E-state index in [2.05, 4.69) is 22.1 Å². The van der Waals surface area contributed by atoms with E-state index in [-0.39, 0.29) is 23.3 Å². The number of carbonyl (C=O) groups excluding carboxylic acids is 1. The van der Waals surface area contributed by atoms with Crippen molar-refractivity contribution in [3.05, 3.63) is 77.8 Å². The van der Waals surface area contributed by atoms with Crippen LogP contribution in [0.15, 0.2) is 59.3 Å². The first-order valence-electron chi connectivity index (χ1n) is 9.12. The van der Waals surface area contributed by atoms with E-state index in [0.29, 0.717) is 25.4 Å². The third-order valence-corrected chi connectivity index (χ3v) is 4.84. The van der Waals surface area contributed by atoms with Gasteiger partial charge in [0.2, 0.25) is 0 Å². The Morgan fingerprint density at radius 2 is 2.04 bits per heavy atom. The van der Waals surface area contributed by atoms with Crippen molar-refractivity contribution in [2.24, 2.45) is 0 Å². The van der Waals surface area contributed by atoms with Gasteiger partial charge < -0.3 is 14.4 Å². The molecular formula is C21H21N3O3. The first kappa shape index (κ1) is 17.3.